The van der Waals surface area contributed by atoms with Crippen LogP contribution in [-0.4, -0.2) is 5.71 Å². The summed E-state index contributed by atoms with van der Waals surface area (Å²) in [6, 6.07) is 66.4. The summed E-state index contributed by atoms with van der Waals surface area (Å²) >= 11 is 0. The van der Waals surface area contributed by atoms with Gasteiger partial charge in [0.2, 0.25) is 0 Å². The number of nitrogens with zero attached hydrogens (tertiary/aromatic N) is 1. The molecule has 0 spiro atoms. The minimum atomic E-state index is 0.895. The van der Waals surface area contributed by atoms with Crippen molar-refractivity contribution in [1.29, 1.82) is 0 Å². The van der Waals surface area contributed by atoms with E-state index in [0.29, 0.717) is 0 Å². The molecule has 0 radical (unpaired) electrons. The summed E-state index contributed by atoms with van der Waals surface area (Å²) in [5, 5.41) is 4.54. The minimum absolute atomic E-state index is 0.895. The van der Waals surface area contributed by atoms with Crippen LogP contribution in [0.4, 0.5) is 0 Å². The molecule has 0 bridgehead atoms. The summed E-state index contributed by atoms with van der Waals surface area (Å²) in [6.07, 6.45) is 2.17. The van der Waals surface area contributed by atoms with E-state index in [1.54, 1.807) is 0 Å². The van der Waals surface area contributed by atoms with Crippen molar-refractivity contribution in [3.63, 3.8) is 0 Å². The Morgan fingerprint density at radius 2 is 1.00 bits per heavy atom. The second-order valence-electron chi connectivity index (χ2n) is 14.0. The van der Waals surface area contributed by atoms with Crippen molar-refractivity contribution in [2.45, 2.75) is 6.92 Å². The summed E-state index contributed by atoms with van der Waals surface area (Å²) in [6.45, 7) is 2.11. The van der Waals surface area contributed by atoms with Gasteiger partial charge in [0.05, 0.1) is 11.4 Å². The smallest absolute Gasteiger partial charge is 0.143 e. The van der Waals surface area contributed by atoms with Gasteiger partial charge in [-0.15, -0.1) is 5.73 Å². The van der Waals surface area contributed by atoms with E-state index >= 15 is 0 Å². The number of hydrogen-bond acceptors (Lipinski definition) is 2. The fourth-order valence-electron chi connectivity index (χ4n) is 7.94. The van der Waals surface area contributed by atoms with Gasteiger partial charge in [-0.3, -0.25) is 0 Å². The highest BCUT2D eigenvalue weighted by atomic mass is 16.3. The second-order valence-corrected chi connectivity index (χ2v) is 14.0. The van der Waals surface area contributed by atoms with Crippen LogP contribution < -0.4 is 0 Å². The van der Waals surface area contributed by atoms with Gasteiger partial charge >= 0.3 is 0 Å². The first-order chi connectivity index (χ1) is 27.2. The van der Waals surface area contributed by atoms with E-state index in [4.69, 9.17) is 9.41 Å². The first-order valence-electron chi connectivity index (χ1n) is 18.7. The lowest BCUT2D eigenvalue weighted by atomic mass is 9.91. The third-order valence-corrected chi connectivity index (χ3v) is 10.6. The summed E-state index contributed by atoms with van der Waals surface area (Å²) in [7, 11) is 0. The lowest BCUT2D eigenvalue weighted by molar-refractivity contribution is 0.673. The summed E-state index contributed by atoms with van der Waals surface area (Å²) < 4.78 is 6.64. The molecule has 8 aromatic carbocycles. The predicted molar refractivity (Wildman–Crippen MR) is 231 cm³/mol. The highest BCUT2D eigenvalue weighted by molar-refractivity contribution is 6.22. The zero-order valence-corrected chi connectivity index (χ0v) is 30.3. The van der Waals surface area contributed by atoms with E-state index in [9.17, 15) is 0 Å². The van der Waals surface area contributed by atoms with Crippen LogP contribution in [0.3, 0.4) is 0 Å². The molecule has 2 heteroatoms. The molecule has 0 N–H and O–H groups in total. The molecule has 9 aromatic rings. The van der Waals surface area contributed by atoms with Gasteiger partial charge in [-0.25, -0.2) is 4.99 Å². The van der Waals surface area contributed by atoms with Crippen molar-refractivity contribution in [3.05, 3.63) is 222 Å². The number of aliphatic imine (C=N–C) groups is 1. The van der Waals surface area contributed by atoms with E-state index in [0.717, 1.165) is 83.3 Å². The normalized spacial score (nSPS) is 13.0. The first-order valence-corrected chi connectivity index (χ1v) is 18.7. The molecule has 0 fully saturated rings. The van der Waals surface area contributed by atoms with Gasteiger partial charge in [-0.2, -0.15) is 0 Å². The molecule has 1 aliphatic heterocycles. The Hall–Kier alpha value is -7.25. The molecular weight excluding hydrogens is 667 g/mol. The standard InChI is InChI=1S/C53H35NO/c1-35-30-43(33-49(37-18-7-3-8-19-37)54-52(35)38-20-9-4-10-21-38)41-24-13-22-39(31-41)40-23-14-25-42(32-40)47-34-48-51-44(36-16-5-2-6-17-36)28-15-29-50(51)55-53(48)46-27-12-11-26-45(46)47/h2-29,31-34H,1H3. The van der Waals surface area contributed by atoms with Crippen LogP contribution >= 0.6 is 0 Å². The number of hydrogen-bond donors (Lipinski definition) is 0. The molecular formula is C53H35NO. The Morgan fingerprint density at radius 1 is 0.436 bits per heavy atom. The maximum Gasteiger partial charge on any atom is 0.143 e. The van der Waals surface area contributed by atoms with E-state index in [-0.39, 0.29) is 0 Å². The van der Waals surface area contributed by atoms with E-state index in [1.807, 2.05) is 12.1 Å². The molecule has 2 heterocycles. The van der Waals surface area contributed by atoms with Gasteiger partial charge in [0, 0.05) is 38.4 Å². The topological polar surface area (TPSA) is 25.5 Å². The van der Waals surface area contributed by atoms with Gasteiger partial charge < -0.3 is 4.42 Å². The van der Waals surface area contributed by atoms with Gasteiger partial charge in [-0.1, -0.05) is 164 Å². The fraction of sp³-hybridized carbons (Fsp3) is 0.0189. The van der Waals surface area contributed by atoms with Crippen molar-refractivity contribution in [2.75, 3.05) is 0 Å². The minimum Gasteiger partial charge on any atom is -0.455 e. The number of rotatable bonds is 6. The van der Waals surface area contributed by atoms with Crippen molar-refractivity contribution in [3.8, 4) is 33.4 Å². The third-order valence-electron chi connectivity index (χ3n) is 10.6. The molecule has 1 aliphatic rings. The number of fused-ring (bicyclic) bond motifs is 5. The molecule has 55 heavy (non-hydrogen) atoms. The van der Waals surface area contributed by atoms with Crippen LogP contribution in [0.5, 0.6) is 0 Å². The van der Waals surface area contributed by atoms with E-state index in [1.165, 1.54) is 22.1 Å². The van der Waals surface area contributed by atoms with Gasteiger partial charge in [0.15, 0.2) is 0 Å². The van der Waals surface area contributed by atoms with Crippen LogP contribution in [0, 0.1) is 0 Å². The van der Waals surface area contributed by atoms with Gasteiger partial charge in [0.25, 0.3) is 0 Å². The number of benzene rings is 8. The fourth-order valence-corrected chi connectivity index (χ4v) is 7.94. The molecule has 0 aliphatic carbocycles. The molecule has 0 amide bonds. The highest BCUT2D eigenvalue weighted by Crippen LogP contribution is 2.43. The summed E-state index contributed by atoms with van der Waals surface area (Å²) in [5.41, 5.74) is 19.6. The van der Waals surface area contributed by atoms with Crippen LogP contribution in [0.15, 0.2) is 215 Å². The molecule has 1 aromatic heterocycles. The predicted octanol–water partition coefficient (Wildman–Crippen LogP) is 14.2. The van der Waals surface area contributed by atoms with Crippen LogP contribution in [0.25, 0.3) is 77.4 Å². The van der Waals surface area contributed by atoms with Crippen LogP contribution in [0.2, 0.25) is 0 Å². The maximum absolute atomic E-state index is 6.64. The molecule has 0 saturated heterocycles. The Morgan fingerprint density at radius 3 is 1.73 bits per heavy atom. The highest BCUT2D eigenvalue weighted by Gasteiger charge is 2.19. The zero-order chi connectivity index (χ0) is 36.7. The van der Waals surface area contributed by atoms with Crippen molar-refractivity contribution in [1.82, 2.24) is 0 Å². The van der Waals surface area contributed by atoms with Crippen molar-refractivity contribution >= 4 is 49.7 Å². The molecule has 0 saturated carbocycles. The van der Waals surface area contributed by atoms with Gasteiger partial charge in [-0.05, 0) is 81.6 Å². The van der Waals surface area contributed by atoms with Crippen molar-refractivity contribution < 1.29 is 4.42 Å². The van der Waals surface area contributed by atoms with E-state index < -0.39 is 0 Å². The average molecular weight is 702 g/mol. The Bertz CT molecular complexity index is 3050. The van der Waals surface area contributed by atoms with Crippen molar-refractivity contribution in [2.24, 2.45) is 4.99 Å². The first kappa shape index (κ1) is 32.4. The maximum atomic E-state index is 6.64. The molecule has 0 unspecified atom stereocenters. The zero-order valence-electron chi connectivity index (χ0n) is 30.3. The largest absolute Gasteiger partial charge is 0.455 e. The molecule has 258 valence electrons. The molecule has 10 rings (SSSR count). The monoisotopic (exact) mass is 701 g/mol. The molecule has 0 atom stereocenters. The van der Waals surface area contributed by atoms with Crippen LogP contribution in [0.1, 0.15) is 23.6 Å². The number of allylic oxidation sites excluding steroid dienone is 2. The lowest BCUT2D eigenvalue weighted by Crippen LogP contribution is -2.02. The average Bonchev–Trinajstić information content (AvgIpc) is 3.55. The second kappa shape index (κ2) is 13.6. The number of furan rings is 1. The Labute approximate surface area is 320 Å². The molecule has 2 nitrogen and oxygen atoms in total. The van der Waals surface area contributed by atoms with E-state index in [2.05, 4.69) is 195 Å². The Balaban J connectivity index is 1.11. The Kier molecular flexibility index (Phi) is 8.03. The van der Waals surface area contributed by atoms with Gasteiger partial charge in [0.1, 0.15) is 11.2 Å². The third kappa shape index (κ3) is 5.92. The summed E-state index contributed by atoms with van der Waals surface area (Å²) in [5.74, 6) is 0. The van der Waals surface area contributed by atoms with Crippen LogP contribution in [-0.2, 0) is 0 Å². The SMILES string of the molecule is CC1=C=C(c2cccc(-c3cccc(-c4cc5c(oc6cccc(-c7ccccc7)c65)c5ccccc45)c3)c2)C=C(c2ccccc2)N=C1c1ccccc1. The quantitative estimate of drug-likeness (QED) is 0.158. The summed E-state index contributed by atoms with van der Waals surface area (Å²) in [4.78, 5) is 5.23. The lowest BCUT2D eigenvalue weighted by Gasteiger charge is -2.12.